The molecular weight excluding hydrogens is 228 g/mol. The van der Waals surface area contributed by atoms with Crippen LogP contribution in [0.25, 0.3) is 0 Å². The van der Waals surface area contributed by atoms with Gasteiger partial charge in [-0.1, -0.05) is 27.2 Å². The van der Waals surface area contributed by atoms with E-state index in [1.807, 2.05) is 6.92 Å². The van der Waals surface area contributed by atoms with Crippen LogP contribution in [0, 0.1) is 0 Å². The van der Waals surface area contributed by atoms with E-state index in [4.69, 9.17) is 5.11 Å². The first kappa shape index (κ1) is 17.4. The molecule has 0 aromatic carbocycles. The minimum Gasteiger partial charge on any atom is -0.480 e. The van der Waals surface area contributed by atoms with Crippen LogP contribution in [0.2, 0.25) is 0 Å². The van der Waals surface area contributed by atoms with Gasteiger partial charge in [-0.25, -0.2) is 0 Å². The number of carboxylic acids is 1. The average molecular weight is 258 g/mol. The maximum Gasteiger partial charge on any atom is 0.320 e. The summed E-state index contributed by atoms with van der Waals surface area (Å²) < 4.78 is 0. The molecule has 2 N–H and O–H groups in total. The summed E-state index contributed by atoms with van der Waals surface area (Å²) in [6, 6.07) is -0.119. The highest BCUT2D eigenvalue weighted by atomic mass is 16.4. The van der Waals surface area contributed by atoms with Crippen molar-refractivity contribution in [3.05, 3.63) is 0 Å². The van der Waals surface area contributed by atoms with Crippen LogP contribution < -0.4 is 5.32 Å². The largest absolute Gasteiger partial charge is 0.480 e. The van der Waals surface area contributed by atoms with Gasteiger partial charge in [0, 0.05) is 6.04 Å². The van der Waals surface area contributed by atoms with Crippen molar-refractivity contribution in [2.24, 2.45) is 0 Å². The van der Waals surface area contributed by atoms with Crippen molar-refractivity contribution in [3.8, 4) is 0 Å². The Morgan fingerprint density at radius 3 is 2.28 bits per heavy atom. The number of aliphatic carboxylic acids is 1. The maximum atomic E-state index is 11.0. The van der Waals surface area contributed by atoms with Crippen molar-refractivity contribution in [3.63, 3.8) is 0 Å². The Kier molecular flexibility index (Phi) is 9.98. The molecule has 0 aromatic heterocycles. The Bertz CT molecular complexity index is 218. The molecule has 0 aromatic rings. The lowest BCUT2D eigenvalue weighted by Gasteiger charge is -2.22. The summed E-state index contributed by atoms with van der Waals surface area (Å²) in [5.74, 6) is -0.729. The fraction of sp³-hybridized carbons (Fsp3) is 0.929. The summed E-state index contributed by atoms with van der Waals surface area (Å²) in [5, 5.41) is 12.3. The second kappa shape index (κ2) is 10.3. The number of hydrogen-bond donors (Lipinski definition) is 2. The van der Waals surface area contributed by atoms with Crippen molar-refractivity contribution < 1.29 is 9.90 Å². The van der Waals surface area contributed by atoms with Crippen LogP contribution in [0.15, 0.2) is 0 Å². The zero-order valence-electron chi connectivity index (χ0n) is 12.4. The standard InChI is InChI=1S/C14H30N2O2/c1-5-9-13(14(17)18)15-12(4)10-8-11-16(6-2)7-3/h12-13,15H,5-11H2,1-4H3,(H,17,18). The minimum absolute atomic E-state index is 0.271. The van der Waals surface area contributed by atoms with Gasteiger partial charge >= 0.3 is 5.97 Å². The van der Waals surface area contributed by atoms with Gasteiger partial charge in [0.1, 0.15) is 6.04 Å². The molecule has 0 amide bonds. The van der Waals surface area contributed by atoms with Crippen LogP contribution in [0.4, 0.5) is 0 Å². The van der Waals surface area contributed by atoms with E-state index < -0.39 is 12.0 Å². The molecule has 0 saturated carbocycles. The van der Waals surface area contributed by atoms with Gasteiger partial charge in [0.2, 0.25) is 0 Å². The van der Waals surface area contributed by atoms with E-state index in [0.29, 0.717) is 6.42 Å². The Morgan fingerprint density at radius 2 is 1.83 bits per heavy atom. The van der Waals surface area contributed by atoms with Crippen LogP contribution in [0.3, 0.4) is 0 Å². The lowest BCUT2D eigenvalue weighted by atomic mass is 10.1. The smallest absolute Gasteiger partial charge is 0.320 e. The van der Waals surface area contributed by atoms with E-state index >= 15 is 0 Å². The molecule has 0 spiro atoms. The van der Waals surface area contributed by atoms with Crippen molar-refractivity contribution in [2.45, 2.75) is 65.5 Å². The molecule has 2 unspecified atom stereocenters. The Labute approximate surface area is 112 Å². The number of carbonyl (C=O) groups is 1. The second-order valence-corrected chi connectivity index (χ2v) is 4.92. The zero-order valence-corrected chi connectivity index (χ0v) is 12.4. The Balaban J connectivity index is 3.87. The summed E-state index contributed by atoms with van der Waals surface area (Å²) in [4.78, 5) is 13.4. The van der Waals surface area contributed by atoms with Crippen molar-refractivity contribution in [2.75, 3.05) is 19.6 Å². The first-order valence-corrected chi connectivity index (χ1v) is 7.26. The molecule has 0 aliphatic heterocycles. The highest BCUT2D eigenvalue weighted by Gasteiger charge is 2.18. The zero-order chi connectivity index (χ0) is 14.0. The topological polar surface area (TPSA) is 52.6 Å². The van der Waals surface area contributed by atoms with Crippen LogP contribution >= 0.6 is 0 Å². The average Bonchev–Trinajstić information content (AvgIpc) is 2.34. The van der Waals surface area contributed by atoms with Crippen LogP contribution in [0.5, 0.6) is 0 Å². The molecule has 18 heavy (non-hydrogen) atoms. The molecule has 108 valence electrons. The van der Waals surface area contributed by atoms with E-state index in [9.17, 15) is 4.79 Å². The second-order valence-electron chi connectivity index (χ2n) is 4.92. The van der Waals surface area contributed by atoms with Gasteiger partial charge in [-0.3, -0.25) is 4.79 Å². The highest BCUT2D eigenvalue weighted by molar-refractivity contribution is 5.73. The van der Waals surface area contributed by atoms with Crippen LogP contribution in [0.1, 0.15) is 53.4 Å². The number of carboxylic acid groups (broad SMARTS) is 1. The Hall–Kier alpha value is -0.610. The molecule has 0 bridgehead atoms. The van der Waals surface area contributed by atoms with Gasteiger partial charge in [-0.05, 0) is 45.8 Å². The molecule has 2 atom stereocenters. The number of nitrogens with zero attached hydrogens (tertiary/aromatic N) is 1. The summed E-state index contributed by atoms with van der Waals surface area (Å²) in [5.41, 5.74) is 0. The van der Waals surface area contributed by atoms with E-state index in [0.717, 1.165) is 38.9 Å². The van der Waals surface area contributed by atoms with Crippen molar-refractivity contribution >= 4 is 5.97 Å². The predicted octanol–water partition coefficient (Wildman–Crippen LogP) is 2.34. The molecule has 4 heteroatoms. The minimum atomic E-state index is -0.729. The fourth-order valence-electron chi connectivity index (χ4n) is 2.15. The van der Waals surface area contributed by atoms with Crippen LogP contribution in [-0.4, -0.2) is 47.7 Å². The van der Waals surface area contributed by atoms with Crippen molar-refractivity contribution in [1.82, 2.24) is 10.2 Å². The quantitative estimate of drug-likeness (QED) is 0.597. The predicted molar refractivity (Wildman–Crippen MR) is 76.0 cm³/mol. The van der Waals surface area contributed by atoms with Gasteiger partial charge in [0.25, 0.3) is 0 Å². The third-order valence-corrected chi connectivity index (χ3v) is 3.37. The van der Waals surface area contributed by atoms with Gasteiger partial charge < -0.3 is 15.3 Å². The van der Waals surface area contributed by atoms with Crippen molar-refractivity contribution in [1.29, 1.82) is 0 Å². The van der Waals surface area contributed by atoms with E-state index in [2.05, 4.69) is 31.0 Å². The molecular formula is C14H30N2O2. The molecule has 0 heterocycles. The summed E-state index contributed by atoms with van der Waals surface area (Å²) in [7, 11) is 0. The SMILES string of the molecule is CCCC(NC(C)CCCN(CC)CC)C(=O)O. The summed E-state index contributed by atoms with van der Waals surface area (Å²) in [6.45, 7) is 11.7. The summed E-state index contributed by atoms with van der Waals surface area (Å²) in [6.07, 6.45) is 3.75. The maximum absolute atomic E-state index is 11.0. The number of hydrogen-bond acceptors (Lipinski definition) is 3. The first-order valence-electron chi connectivity index (χ1n) is 7.26. The number of rotatable bonds is 11. The highest BCUT2D eigenvalue weighted by Crippen LogP contribution is 2.04. The third kappa shape index (κ3) is 7.67. The Morgan fingerprint density at radius 1 is 1.22 bits per heavy atom. The molecule has 0 aliphatic rings. The molecule has 4 nitrogen and oxygen atoms in total. The van der Waals surface area contributed by atoms with Gasteiger partial charge in [0.15, 0.2) is 0 Å². The first-order chi connectivity index (χ1) is 8.54. The van der Waals surface area contributed by atoms with Gasteiger partial charge in [-0.2, -0.15) is 0 Å². The molecule has 0 rings (SSSR count). The number of nitrogens with one attached hydrogen (secondary N) is 1. The summed E-state index contributed by atoms with van der Waals surface area (Å²) >= 11 is 0. The van der Waals surface area contributed by atoms with E-state index in [1.165, 1.54) is 0 Å². The fourth-order valence-corrected chi connectivity index (χ4v) is 2.15. The molecule has 0 fully saturated rings. The lowest BCUT2D eigenvalue weighted by molar-refractivity contribution is -0.139. The molecule has 0 radical (unpaired) electrons. The van der Waals surface area contributed by atoms with E-state index in [1.54, 1.807) is 0 Å². The molecule has 0 saturated heterocycles. The van der Waals surface area contributed by atoms with Gasteiger partial charge in [-0.15, -0.1) is 0 Å². The van der Waals surface area contributed by atoms with E-state index in [-0.39, 0.29) is 6.04 Å². The lowest BCUT2D eigenvalue weighted by Crippen LogP contribution is -2.42. The monoisotopic (exact) mass is 258 g/mol. The molecule has 0 aliphatic carbocycles. The van der Waals surface area contributed by atoms with Gasteiger partial charge in [0.05, 0.1) is 0 Å². The normalized spacial score (nSPS) is 14.7. The van der Waals surface area contributed by atoms with Crippen LogP contribution in [-0.2, 0) is 4.79 Å². The third-order valence-electron chi connectivity index (χ3n) is 3.37.